The van der Waals surface area contributed by atoms with Crippen LogP contribution in [0.15, 0.2) is 36.4 Å². The standard InChI is InChI=1S/C17H19ClFN/c1-11-5-4-6-14(12(11)2)17(20-3)10-13-7-8-16(19)15(18)9-13/h4-9,17,20H,10H2,1-3H3. The maximum Gasteiger partial charge on any atom is 0.141 e. The maximum atomic E-state index is 13.2. The predicted molar refractivity (Wildman–Crippen MR) is 82.8 cm³/mol. The summed E-state index contributed by atoms with van der Waals surface area (Å²) < 4.78 is 13.2. The second-order valence-electron chi connectivity index (χ2n) is 5.08. The first-order valence-electron chi connectivity index (χ1n) is 6.70. The van der Waals surface area contributed by atoms with Crippen LogP contribution >= 0.6 is 11.6 Å². The molecule has 0 amide bonds. The molecular formula is C17H19ClFN. The van der Waals surface area contributed by atoms with Crippen LogP contribution < -0.4 is 5.32 Å². The Morgan fingerprint density at radius 3 is 2.60 bits per heavy atom. The molecule has 0 fully saturated rings. The van der Waals surface area contributed by atoms with Gasteiger partial charge in [-0.05, 0) is 61.7 Å². The van der Waals surface area contributed by atoms with E-state index in [-0.39, 0.29) is 16.9 Å². The minimum atomic E-state index is -0.372. The normalized spacial score (nSPS) is 12.4. The molecule has 1 nitrogen and oxygen atoms in total. The number of benzene rings is 2. The number of rotatable bonds is 4. The molecule has 2 aromatic carbocycles. The van der Waals surface area contributed by atoms with Gasteiger partial charge in [0.15, 0.2) is 0 Å². The predicted octanol–water partition coefficient (Wildman–Crippen LogP) is 4.60. The van der Waals surface area contributed by atoms with Crippen molar-refractivity contribution in [3.05, 3.63) is 69.5 Å². The van der Waals surface area contributed by atoms with E-state index in [2.05, 4.69) is 37.4 Å². The Morgan fingerprint density at radius 2 is 1.95 bits per heavy atom. The lowest BCUT2D eigenvalue weighted by molar-refractivity contribution is 0.585. The number of aryl methyl sites for hydroxylation is 1. The van der Waals surface area contributed by atoms with Crippen molar-refractivity contribution < 1.29 is 4.39 Å². The Hall–Kier alpha value is -1.38. The average Bonchev–Trinajstić information content (AvgIpc) is 2.43. The zero-order chi connectivity index (χ0) is 14.7. The lowest BCUT2D eigenvalue weighted by Crippen LogP contribution is -2.20. The lowest BCUT2D eigenvalue weighted by Gasteiger charge is -2.20. The molecular weight excluding hydrogens is 273 g/mol. The highest BCUT2D eigenvalue weighted by Gasteiger charge is 2.14. The number of nitrogens with one attached hydrogen (secondary N) is 1. The molecule has 20 heavy (non-hydrogen) atoms. The minimum Gasteiger partial charge on any atom is -0.313 e. The molecule has 2 rings (SSSR count). The van der Waals surface area contributed by atoms with Gasteiger partial charge < -0.3 is 5.32 Å². The maximum absolute atomic E-state index is 13.2. The third-order valence-electron chi connectivity index (χ3n) is 3.79. The summed E-state index contributed by atoms with van der Waals surface area (Å²) in [5, 5.41) is 3.51. The van der Waals surface area contributed by atoms with E-state index < -0.39 is 0 Å². The monoisotopic (exact) mass is 291 g/mol. The van der Waals surface area contributed by atoms with Crippen LogP contribution in [-0.4, -0.2) is 7.05 Å². The second-order valence-corrected chi connectivity index (χ2v) is 5.49. The zero-order valence-corrected chi connectivity index (χ0v) is 12.8. The molecule has 0 aliphatic carbocycles. The van der Waals surface area contributed by atoms with Crippen molar-refractivity contribution in [3.8, 4) is 0 Å². The minimum absolute atomic E-state index is 0.179. The molecule has 0 bridgehead atoms. The molecule has 2 aromatic rings. The Balaban J connectivity index is 2.28. The lowest BCUT2D eigenvalue weighted by atomic mass is 9.93. The van der Waals surface area contributed by atoms with E-state index in [1.165, 1.54) is 22.8 Å². The number of halogens is 2. The smallest absolute Gasteiger partial charge is 0.141 e. The van der Waals surface area contributed by atoms with Gasteiger partial charge in [-0.3, -0.25) is 0 Å². The van der Waals surface area contributed by atoms with Crippen LogP contribution in [0.2, 0.25) is 5.02 Å². The first-order valence-corrected chi connectivity index (χ1v) is 7.08. The summed E-state index contributed by atoms with van der Waals surface area (Å²) in [5.74, 6) is -0.372. The fourth-order valence-corrected chi connectivity index (χ4v) is 2.62. The number of hydrogen-bond acceptors (Lipinski definition) is 1. The van der Waals surface area contributed by atoms with Gasteiger partial charge in [-0.1, -0.05) is 35.9 Å². The molecule has 0 saturated carbocycles. The third kappa shape index (κ3) is 3.20. The molecule has 3 heteroatoms. The summed E-state index contributed by atoms with van der Waals surface area (Å²) in [6.07, 6.45) is 0.779. The highest BCUT2D eigenvalue weighted by atomic mass is 35.5. The van der Waals surface area contributed by atoms with Gasteiger partial charge in [0.2, 0.25) is 0 Å². The summed E-state index contributed by atoms with van der Waals surface area (Å²) in [6, 6.07) is 11.4. The second kappa shape index (κ2) is 6.38. The van der Waals surface area contributed by atoms with Gasteiger partial charge >= 0.3 is 0 Å². The molecule has 0 aromatic heterocycles. The van der Waals surface area contributed by atoms with Gasteiger partial charge in [0, 0.05) is 6.04 Å². The summed E-state index contributed by atoms with van der Waals surface area (Å²) in [7, 11) is 1.94. The van der Waals surface area contributed by atoms with E-state index in [1.807, 2.05) is 7.05 Å². The Labute approximate surface area is 124 Å². The van der Waals surface area contributed by atoms with Crippen molar-refractivity contribution in [2.75, 3.05) is 7.05 Å². The first kappa shape index (κ1) is 15.0. The molecule has 106 valence electrons. The van der Waals surface area contributed by atoms with Gasteiger partial charge in [-0.25, -0.2) is 4.39 Å². The molecule has 0 aliphatic heterocycles. The molecule has 1 unspecified atom stereocenters. The summed E-state index contributed by atoms with van der Waals surface area (Å²) in [4.78, 5) is 0. The van der Waals surface area contributed by atoms with Crippen LogP contribution in [0.1, 0.15) is 28.3 Å². The number of likely N-dealkylation sites (N-methyl/N-ethyl adjacent to an activating group) is 1. The van der Waals surface area contributed by atoms with E-state index in [4.69, 9.17) is 11.6 Å². The number of hydrogen-bond donors (Lipinski definition) is 1. The SMILES string of the molecule is CNC(Cc1ccc(F)c(Cl)c1)c1cccc(C)c1C. The van der Waals surface area contributed by atoms with Crippen molar-refractivity contribution >= 4 is 11.6 Å². The molecule has 1 atom stereocenters. The van der Waals surface area contributed by atoms with Crippen molar-refractivity contribution in [2.45, 2.75) is 26.3 Å². The molecule has 1 N–H and O–H groups in total. The van der Waals surface area contributed by atoms with Gasteiger partial charge in [0.1, 0.15) is 5.82 Å². The summed E-state index contributed by atoms with van der Waals surface area (Å²) in [5.41, 5.74) is 4.87. The summed E-state index contributed by atoms with van der Waals surface area (Å²) >= 11 is 5.85. The van der Waals surface area contributed by atoms with Crippen molar-refractivity contribution in [1.29, 1.82) is 0 Å². The fourth-order valence-electron chi connectivity index (χ4n) is 2.42. The fraction of sp³-hybridized carbons (Fsp3) is 0.294. The van der Waals surface area contributed by atoms with Crippen LogP contribution in [-0.2, 0) is 6.42 Å². The summed E-state index contributed by atoms with van der Waals surface area (Å²) in [6.45, 7) is 4.24. The van der Waals surface area contributed by atoms with E-state index in [9.17, 15) is 4.39 Å². The van der Waals surface area contributed by atoms with Crippen LogP contribution in [0.25, 0.3) is 0 Å². The van der Waals surface area contributed by atoms with Gasteiger partial charge in [0.25, 0.3) is 0 Å². The van der Waals surface area contributed by atoms with Crippen molar-refractivity contribution in [3.63, 3.8) is 0 Å². The van der Waals surface area contributed by atoms with Crippen LogP contribution in [0.4, 0.5) is 4.39 Å². The zero-order valence-electron chi connectivity index (χ0n) is 12.0. The largest absolute Gasteiger partial charge is 0.313 e. The van der Waals surface area contributed by atoms with Crippen LogP contribution in [0, 0.1) is 19.7 Å². The van der Waals surface area contributed by atoms with Crippen LogP contribution in [0.5, 0.6) is 0 Å². The van der Waals surface area contributed by atoms with Gasteiger partial charge in [-0.2, -0.15) is 0 Å². The molecule has 0 spiro atoms. The first-order chi connectivity index (χ1) is 9.52. The highest BCUT2D eigenvalue weighted by Crippen LogP contribution is 2.25. The molecule has 0 heterocycles. The van der Waals surface area contributed by atoms with Gasteiger partial charge in [0.05, 0.1) is 5.02 Å². The van der Waals surface area contributed by atoms with E-state index >= 15 is 0 Å². The van der Waals surface area contributed by atoms with Gasteiger partial charge in [-0.15, -0.1) is 0 Å². The Kier molecular flexibility index (Phi) is 4.79. The van der Waals surface area contributed by atoms with Crippen LogP contribution in [0.3, 0.4) is 0 Å². The molecule has 0 aliphatic rings. The van der Waals surface area contributed by atoms with Crippen molar-refractivity contribution in [1.82, 2.24) is 5.32 Å². The van der Waals surface area contributed by atoms with E-state index in [0.29, 0.717) is 0 Å². The average molecular weight is 292 g/mol. The van der Waals surface area contributed by atoms with E-state index in [1.54, 1.807) is 12.1 Å². The topological polar surface area (TPSA) is 12.0 Å². The molecule has 0 radical (unpaired) electrons. The van der Waals surface area contributed by atoms with E-state index in [0.717, 1.165) is 12.0 Å². The Morgan fingerprint density at radius 1 is 1.20 bits per heavy atom. The quantitative estimate of drug-likeness (QED) is 0.868. The van der Waals surface area contributed by atoms with Crippen molar-refractivity contribution in [2.24, 2.45) is 0 Å². The Bertz CT molecular complexity index is 610. The third-order valence-corrected chi connectivity index (χ3v) is 4.08. The molecule has 0 saturated heterocycles. The highest BCUT2D eigenvalue weighted by molar-refractivity contribution is 6.30.